The molecule has 1 aliphatic heterocycles. The standard InChI is InChI=1S/C31H27BrN2O5S/c1-5-15-38-21-10-8-20(9-11-21)28-27(30(36)37-6-2)19(4)33-31-34(28)29(35)26(40-31)17-22-12-14-25(39-22)23-13-7-18(3)16-24(23)32/h5,7-14,16-17,28H,1,6,15H2,2-4H3/b26-17-/t28-/m0/s1. The van der Waals surface area contributed by atoms with E-state index >= 15 is 0 Å². The second kappa shape index (κ2) is 11.7. The monoisotopic (exact) mass is 618 g/mol. The molecule has 0 saturated heterocycles. The van der Waals surface area contributed by atoms with Gasteiger partial charge in [-0.05, 0) is 68.3 Å². The predicted octanol–water partition coefficient (Wildman–Crippen LogP) is 5.69. The Morgan fingerprint density at radius 3 is 2.65 bits per heavy atom. The predicted molar refractivity (Wildman–Crippen MR) is 159 cm³/mol. The number of halogens is 1. The molecule has 2 aromatic heterocycles. The van der Waals surface area contributed by atoms with Crippen LogP contribution >= 0.6 is 27.3 Å². The van der Waals surface area contributed by atoms with Crippen LogP contribution in [-0.4, -0.2) is 23.8 Å². The molecular formula is C31H27BrN2O5S. The van der Waals surface area contributed by atoms with E-state index in [1.165, 1.54) is 11.3 Å². The number of aryl methyl sites for hydroxylation is 1. The lowest BCUT2D eigenvalue weighted by Gasteiger charge is -2.24. The summed E-state index contributed by atoms with van der Waals surface area (Å²) in [6.07, 6.45) is 3.38. The number of nitrogens with zero attached hydrogens (tertiary/aromatic N) is 2. The molecule has 0 amide bonds. The fourth-order valence-electron chi connectivity index (χ4n) is 4.53. The molecule has 0 bridgehead atoms. The summed E-state index contributed by atoms with van der Waals surface area (Å²) in [5, 5.41) is 0. The Bertz CT molecular complexity index is 1810. The van der Waals surface area contributed by atoms with Crippen molar-refractivity contribution in [2.24, 2.45) is 4.99 Å². The fourth-order valence-corrected chi connectivity index (χ4v) is 6.25. The quantitative estimate of drug-likeness (QED) is 0.187. The molecule has 0 fully saturated rings. The number of furan rings is 1. The molecule has 0 unspecified atom stereocenters. The van der Waals surface area contributed by atoms with E-state index in [1.54, 1.807) is 42.7 Å². The van der Waals surface area contributed by atoms with Gasteiger partial charge in [-0.3, -0.25) is 9.36 Å². The molecule has 0 radical (unpaired) electrons. The number of thiazole rings is 1. The molecule has 2 aromatic carbocycles. The average Bonchev–Trinajstić information content (AvgIpc) is 3.51. The van der Waals surface area contributed by atoms with E-state index in [0.29, 0.717) is 44.5 Å². The van der Waals surface area contributed by atoms with Crippen LogP contribution in [0.4, 0.5) is 0 Å². The van der Waals surface area contributed by atoms with Crippen LogP contribution in [-0.2, 0) is 9.53 Å². The second-order valence-electron chi connectivity index (χ2n) is 9.16. The molecule has 1 aliphatic rings. The number of benzene rings is 2. The van der Waals surface area contributed by atoms with Gasteiger partial charge in [-0.15, -0.1) is 0 Å². The summed E-state index contributed by atoms with van der Waals surface area (Å²) in [7, 11) is 0. The van der Waals surface area contributed by atoms with E-state index in [2.05, 4.69) is 27.5 Å². The highest BCUT2D eigenvalue weighted by atomic mass is 79.9. The van der Waals surface area contributed by atoms with Gasteiger partial charge in [-0.2, -0.15) is 0 Å². The van der Waals surface area contributed by atoms with Gasteiger partial charge in [-0.1, -0.05) is 58.1 Å². The molecule has 5 rings (SSSR count). The zero-order valence-electron chi connectivity index (χ0n) is 22.3. The Balaban J connectivity index is 1.60. The molecular weight excluding hydrogens is 592 g/mol. The SMILES string of the molecule is C=CCOc1ccc([C@H]2C(C(=O)OCC)=C(C)N=c3s/c(=C\c4ccc(-c5ccc(C)cc5Br)o4)c(=O)n32)cc1. The van der Waals surface area contributed by atoms with Gasteiger partial charge < -0.3 is 13.9 Å². The maximum atomic E-state index is 13.8. The van der Waals surface area contributed by atoms with Gasteiger partial charge in [0, 0.05) is 16.1 Å². The van der Waals surface area contributed by atoms with Gasteiger partial charge in [0.05, 0.1) is 28.5 Å². The Morgan fingerprint density at radius 2 is 1.95 bits per heavy atom. The molecule has 3 heterocycles. The molecule has 7 nitrogen and oxygen atoms in total. The van der Waals surface area contributed by atoms with E-state index in [1.807, 2.05) is 49.4 Å². The van der Waals surface area contributed by atoms with E-state index < -0.39 is 12.0 Å². The number of hydrogen-bond acceptors (Lipinski definition) is 7. The Kier molecular flexibility index (Phi) is 8.04. The largest absolute Gasteiger partial charge is 0.490 e. The van der Waals surface area contributed by atoms with Gasteiger partial charge >= 0.3 is 5.97 Å². The van der Waals surface area contributed by atoms with Crippen molar-refractivity contribution in [2.45, 2.75) is 26.8 Å². The molecule has 0 aliphatic carbocycles. The maximum absolute atomic E-state index is 13.8. The van der Waals surface area contributed by atoms with Gasteiger partial charge in [0.1, 0.15) is 23.9 Å². The molecule has 0 saturated carbocycles. The molecule has 204 valence electrons. The van der Waals surface area contributed by atoms with Crippen molar-refractivity contribution in [1.29, 1.82) is 0 Å². The highest BCUT2D eigenvalue weighted by Crippen LogP contribution is 2.32. The first-order valence-electron chi connectivity index (χ1n) is 12.7. The van der Waals surface area contributed by atoms with Crippen molar-refractivity contribution in [3.8, 4) is 17.1 Å². The van der Waals surface area contributed by atoms with E-state index in [4.69, 9.17) is 13.9 Å². The summed E-state index contributed by atoms with van der Waals surface area (Å²) in [6.45, 7) is 9.78. The summed E-state index contributed by atoms with van der Waals surface area (Å²) in [4.78, 5) is 32.0. The molecule has 0 N–H and O–H groups in total. The van der Waals surface area contributed by atoms with Crippen molar-refractivity contribution in [3.63, 3.8) is 0 Å². The van der Waals surface area contributed by atoms with Crippen LogP contribution in [0.1, 0.15) is 36.8 Å². The Labute approximate surface area is 243 Å². The highest BCUT2D eigenvalue weighted by molar-refractivity contribution is 9.10. The minimum absolute atomic E-state index is 0.207. The number of aromatic nitrogens is 1. The zero-order valence-corrected chi connectivity index (χ0v) is 24.7. The number of carbonyl (C=O) groups is 1. The van der Waals surface area contributed by atoms with Gasteiger partial charge in [-0.25, -0.2) is 9.79 Å². The second-order valence-corrected chi connectivity index (χ2v) is 11.0. The smallest absolute Gasteiger partial charge is 0.338 e. The van der Waals surface area contributed by atoms with E-state index in [-0.39, 0.29) is 12.2 Å². The number of allylic oxidation sites excluding steroid dienone is 1. The lowest BCUT2D eigenvalue weighted by molar-refractivity contribution is -0.139. The summed E-state index contributed by atoms with van der Waals surface area (Å²) in [5.41, 5.74) is 3.35. The van der Waals surface area contributed by atoms with Crippen molar-refractivity contribution >= 4 is 39.3 Å². The summed E-state index contributed by atoms with van der Waals surface area (Å²) >= 11 is 4.85. The van der Waals surface area contributed by atoms with Crippen LogP contribution in [0.25, 0.3) is 17.4 Å². The molecule has 0 spiro atoms. The molecule has 4 aromatic rings. The van der Waals surface area contributed by atoms with Crippen LogP contribution in [0, 0.1) is 6.92 Å². The molecule has 40 heavy (non-hydrogen) atoms. The lowest BCUT2D eigenvalue weighted by atomic mass is 9.96. The van der Waals surface area contributed by atoms with Crippen LogP contribution in [0.2, 0.25) is 0 Å². The van der Waals surface area contributed by atoms with Crippen molar-refractivity contribution in [3.05, 3.63) is 120 Å². The van der Waals surface area contributed by atoms with Gasteiger partial charge in [0.2, 0.25) is 0 Å². The summed E-state index contributed by atoms with van der Waals surface area (Å²) in [5.74, 6) is 1.37. The summed E-state index contributed by atoms with van der Waals surface area (Å²) in [6, 6.07) is 16.3. The fraction of sp³-hybridized carbons (Fsp3) is 0.194. The van der Waals surface area contributed by atoms with Crippen LogP contribution in [0.3, 0.4) is 0 Å². The third-order valence-electron chi connectivity index (χ3n) is 6.37. The van der Waals surface area contributed by atoms with Crippen molar-refractivity contribution in [1.82, 2.24) is 4.57 Å². The first kappa shape index (κ1) is 27.6. The average molecular weight is 620 g/mol. The van der Waals surface area contributed by atoms with Crippen LogP contribution in [0.5, 0.6) is 5.75 Å². The van der Waals surface area contributed by atoms with Crippen LogP contribution in [0.15, 0.2) is 97.2 Å². The third-order valence-corrected chi connectivity index (χ3v) is 8.01. The minimum Gasteiger partial charge on any atom is -0.490 e. The van der Waals surface area contributed by atoms with Gasteiger partial charge in [0.15, 0.2) is 4.80 Å². The number of hydrogen-bond donors (Lipinski definition) is 0. The molecule has 1 atom stereocenters. The lowest BCUT2D eigenvalue weighted by Crippen LogP contribution is -2.39. The van der Waals surface area contributed by atoms with E-state index in [9.17, 15) is 9.59 Å². The maximum Gasteiger partial charge on any atom is 0.338 e. The zero-order chi connectivity index (χ0) is 28.4. The number of carbonyl (C=O) groups excluding carboxylic acids is 1. The van der Waals surface area contributed by atoms with Crippen LogP contribution < -0.4 is 19.6 Å². The highest BCUT2D eigenvalue weighted by Gasteiger charge is 2.33. The first-order valence-corrected chi connectivity index (χ1v) is 14.3. The number of rotatable bonds is 8. The third kappa shape index (κ3) is 5.39. The first-order chi connectivity index (χ1) is 19.3. The van der Waals surface area contributed by atoms with E-state index in [0.717, 1.165) is 21.2 Å². The topological polar surface area (TPSA) is 83.0 Å². The van der Waals surface area contributed by atoms with Crippen molar-refractivity contribution in [2.75, 3.05) is 13.2 Å². The number of esters is 1. The minimum atomic E-state index is -0.707. The number of ether oxygens (including phenoxy) is 2. The normalized spacial score (nSPS) is 15.0. The summed E-state index contributed by atoms with van der Waals surface area (Å²) < 4.78 is 20.0. The Morgan fingerprint density at radius 1 is 1.18 bits per heavy atom. The van der Waals surface area contributed by atoms with Crippen molar-refractivity contribution < 1.29 is 18.7 Å². The van der Waals surface area contributed by atoms with Gasteiger partial charge in [0.25, 0.3) is 5.56 Å². The Hall–Kier alpha value is -3.95. The molecule has 9 heteroatoms. The number of fused-ring (bicyclic) bond motifs is 1.